The number of ether oxygens (including phenoxy) is 1. The van der Waals surface area contributed by atoms with Gasteiger partial charge in [-0.25, -0.2) is 23.7 Å². The second kappa shape index (κ2) is 12.0. The Bertz CT molecular complexity index is 1410. The Morgan fingerprint density at radius 3 is 2.63 bits per heavy atom. The van der Waals surface area contributed by atoms with Crippen molar-refractivity contribution < 1.29 is 40.6 Å². The number of aromatic amines is 1. The zero-order valence-electron chi connectivity index (χ0n) is 22.0. The van der Waals surface area contributed by atoms with Crippen LogP contribution in [0.4, 0.5) is 19.3 Å². The number of H-pyrrole nitrogens is 1. The second-order valence-electron chi connectivity index (χ2n) is 9.46. The van der Waals surface area contributed by atoms with Gasteiger partial charge in [-0.2, -0.15) is 0 Å². The Hall–Kier alpha value is -4.46. The van der Waals surface area contributed by atoms with E-state index in [4.69, 9.17) is 4.74 Å². The molecule has 216 valence electrons. The molecule has 2 aliphatic heterocycles. The highest BCUT2D eigenvalue weighted by molar-refractivity contribution is 5.94. The zero-order valence-corrected chi connectivity index (χ0v) is 22.8. The molecule has 1 aromatic heterocycles. The summed E-state index contributed by atoms with van der Waals surface area (Å²) in [6, 6.07) is 8.59. The van der Waals surface area contributed by atoms with Gasteiger partial charge in [-0.1, -0.05) is 11.0 Å². The molecule has 0 spiro atoms. The van der Waals surface area contributed by atoms with Crippen LogP contribution in [0, 0.1) is 11.6 Å². The third-order valence-corrected chi connectivity index (χ3v) is 6.90. The molecule has 2 aliphatic rings. The largest absolute Gasteiger partial charge is 1.00 e. The average Bonchev–Trinajstić information content (AvgIpc) is 3.69. The first-order valence-electron chi connectivity index (χ1n) is 12.4. The number of aromatic nitrogens is 4. The lowest BCUT2D eigenvalue weighted by Crippen LogP contribution is -3.00. The second-order valence-corrected chi connectivity index (χ2v) is 9.46. The summed E-state index contributed by atoms with van der Waals surface area (Å²) in [5.41, 5.74) is -0.842. The van der Waals surface area contributed by atoms with Crippen molar-refractivity contribution in [3.05, 3.63) is 59.7 Å². The maximum absolute atomic E-state index is 15.1. The highest BCUT2D eigenvalue weighted by Crippen LogP contribution is 2.35. The molecule has 1 fully saturated rings. The van der Waals surface area contributed by atoms with Crippen molar-refractivity contribution in [1.29, 1.82) is 0 Å². The SMILES string of the molecule is CC(=O)OCN1[C+]=NN(C[C@@](O)(c2ccc(F)cc2F)[C@@H](C)N2CCN(c3ccc(-c4nnn[nH]4)cc3)C2=O)C1.[Cl-]. The summed E-state index contributed by atoms with van der Waals surface area (Å²) < 4.78 is 33.8. The molecular formula is C25H26ClF2N9O4. The molecule has 13 nitrogen and oxygen atoms in total. The number of nitrogens with zero attached hydrogens (tertiary/aromatic N) is 8. The first kappa shape index (κ1) is 29.5. The standard InChI is InChI=1S/C25H26F2N9O4.ClH/c1-16(35-9-10-36(24(35)38)20-6-3-18(4-7-20)23-29-31-32-30-23)25(39,21-8-5-19(26)11-22(21)27)12-34-14-33(13-28-34)15-40-17(2)37;/h3-8,11,16,39H,9-10,12,14-15H2,1-2H3,(H,29,30,31,32);1H/q+1;/p-1/t16-,25+;/m1./s1. The summed E-state index contributed by atoms with van der Waals surface area (Å²) in [7, 11) is 0. The molecule has 3 aromatic rings. The summed E-state index contributed by atoms with van der Waals surface area (Å²) in [4.78, 5) is 29.1. The van der Waals surface area contributed by atoms with E-state index in [1.54, 1.807) is 36.1 Å². The molecule has 0 radical (unpaired) electrons. The lowest BCUT2D eigenvalue weighted by atomic mass is 9.85. The number of rotatable bonds is 9. The van der Waals surface area contributed by atoms with Crippen molar-refractivity contribution in [3.63, 3.8) is 0 Å². The monoisotopic (exact) mass is 589 g/mol. The van der Waals surface area contributed by atoms with Gasteiger partial charge in [-0.15, -0.1) is 5.10 Å². The molecule has 0 saturated carbocycles. The number of amides is 2. The number of hydrogen-bond donors (Lipinski definition) is 2. The number of hydrogen-bond acceptors (Lipinski definition) is 10. The van der Waals surface area contributed by atoms with Crippen LogP contribution in [0.25, 0.3) is 11.4 Å². The van der Waals surface area contributed by atoms with Crippen LogP contribution in [0.1, 0.15) is 19.4 Å². The van der Waals surface area contributed by atoms with E-state index in [1.165, 1.54) is 21.7 Å². The molecule has 3 heterocycles. The van der Waals surface area contributed by atoms with E-state index in [-0.39, 0.29) is 44.5 Å². The highest BCUT2D eigenvalue weighted by Gasteiger charge is 2.48. The maximum Gasteiger partial charge on any atom is 0.547 e. The smallest absolute Gasteiger partial charge is 0.547 e. The number of carbonyl (C=O) groups is 2. The Kier molecular flexibility index (Phi) is 8.61. The predicted octanol–water partition coefficient (Wildman–Crippen LogP) is -1.42. The molecule has 0 unspecified atom stereocenters. The molecule has 2 aromatic carbocycles. The van der Waals surface area contributed by atoms with Gasteiger partial charge in [-0.05, 0) is 47.7 Å². The minimum absolute atomic E-state index is 0. The fourth-order valence-electron chi connectivity index (χ4n) is 4.76. The summed E-state index contributed by atoms with van der Waals surface area (Å²) in [6.45, 7) is 3.14. The normalized spacial score (nSPS) is 16.9. The van der Waals surface area contributed by atoms with Gasteiger partial charge in [-0.3, -0.25) is 9.69 Å². The topological polar surface area (TPSA) is 143 Å². The number of carbonyl (C=O) groups excluding carboxylic acids is 2. The lowest BCUT2D eigenvalue weighted by Gasteiger charge is -2.40. The van der Waals surface area contributed by atoms with Gasteiger partial charge in [0.25, 0.3) is 0 Å². The molecule has 0 bridgehead atoms. The number of anilines is 1. The number of nitrogens with one attached hydrogen (secondary N) is 1. The van der Waals surface area contributed by atoms with Gasteiger partial charge in [0.15, 0.2) is 12.5 Å². The third kappa shape index (κ3) is 6.01. The van der Waals surface area contributed by atoms with Crippen molar-refractivity contribution in [2.24, 2.45) is 5.10 Å². The lowest BCUT2D eigenvalue weighted by molar-refractivity contribution is -0.144. The van der Waals surface area contributed by atoms with E-state index < -0.39 is 35.3 Å². The number of hydrazone groups is 1. The third-order valence-electron chi connectivity index (χ3n) is 6.90. The Morgan fingerprint density at radius 1 is 1.22 bits per heavy atom. The van der Waals surface area contributed by atoms with Crippen molar-refractivity contribution >= 4 is 24.0 Å². The predicted molar refractivity (Wildman–Crippen MR) is 136 cm³/mol. The molecular weight excluding hydrogens is 564 g/mol. The van der Waals surface area contributed by atoms with Crippen LogP contribution in [0.5, 0.6) is 0 Å². The molecule has 41 heavy (non-hydrogen) atoms. The molecule has 16 heteroatoms. The minimum atomic E-state index is -2.00. The molecule has 2 atom stereocenters. The van der Waals surface area contributed by atoms with E-state index >= 15 is 4.39 Å². The number of benzene rings is 2. The van der Waals surface area contributed by atoms with Gasteiger partial charge in [0.05, 0.1) is 12.6 Å². The van der Waals surface area contributed by atoms with Gasteiger partial charge in [0.2, 0.25) is 6.73 Å². The number of β-amino-alcohol motifs (C(OH)–C–C–N with tert-alkyl or cyclic N) is 1. The van der Waals surface area contributed by atoms with E-state index in [1.807, 2.05) is 0 Å². The van der Waals surface area contributed by atoms with Crippen LogP contribution in [-0.4, -0.2) is 98.0 Å². The number of urea groups is 1. The van der Waals surface area contributed by atoms with Crippen molar-refractivity contribution in [1.82, 2.24) is 35.4 Å². The molecule has 2 N–H and O–H groups in total. The van der Waals surface area contributed by atoms with E-state index in [2.05, 4.69) is 32.1 Å². The van der Waals surface area contributed by atoms with Crippen LogP contribution in [0.15, 0.2) is 47.6 Å². The number of halogens is 3. The molecule has 0 aliphatic carbocycles. The van der Waals surface area contributed by atoms with Crippen molar-refractivity contribution in [2.75, 3.05) is 37.9 Å². The van der Waals surface area contributed by atoms with Gasteiger partial charge in [0, 0.05) is 42.9 Å². The van der Waals surface area contributed by atoms with Crippen LogP contribution < -0.4 is 17.3 Å². The van der Waals surface area contributed by atoms with Gasteiger partial charge >= 0.3 is 18.3 Å². The number of tetrazole rings is 1. The van der Waals surface area contributed by atoms with E-state index in [9.17, 15) is 19.1 Å². The van der Waals surface area contributed by atoms with Crippen molar-refractivity contribution in [2.45, 2.75) is 25.5 Å². The molecule has 5 rings (SSSR count). The van der Waals surface area contributed by atoms with E-state index in [0.717, 1.165) is 17.7 Å². The maximum atomic E-state index is 15.1. The van der Waals surface area contributed by atoms with Crippen LogP contribution in [0.2, 0.25) is 0 Å². The summed E-state index contributed by atoms with van der Waals surface area (Å²) in [6.07, 6.45) is 2.66. The average molecular weight is 590 g/mol. The zero-order chi connectivity index (χ0) is 28.4. The summed E-state index contributed by atoms with van der Waals surface area (Å²) >= 11 is 0. The first-order chi connectivity index (χ1) is 19.2. The summed E-state index contributed by atoms with van der Waals surface area (Å²) in [5, 5.41) is 31.2. The number of aliphatic hydroxyl groups is 1. The Balaban J connectivity index is 0.00000387. The molecule has 2 amide bonds. The molecule has 1 saturated heterocycles. The van der Waals surface area contributed by atoms with Crippen LogP contribution in [-0.2, 0) is 15.1 Å². The fraction of sp³-hybridized carbons (Fsp3) is 0.360. The Labute approximate surface area is 239 Å². The van der Waals surface area contributed by atoms with E-state index in [0.29, 0.717) is 24.1 Å². The van der Waals surface area contributed by atoms with Crippen LogP contribution in [0.3, 0.4) is 0 Å². The minimum Gasteiger partial charge on any atom is -1.00 e. The number of esters is 1. The van der Waals surface area contributed by atoms with Gasteiger partial charge in [0.1, 0.15) is 22.3 Å². The van der Waals surface area contributed by atoms with Gasteiger partial charge < -0.3 is 27.2 Å². The quantitative estimate of drug-likeness (QED) is 0.227. The highest BCUT2D eigenvalue weighted by atomic mass is 35.5. The van der Waals surface area contributed by atoms with Crippen LogP contribution >= 0.6 is 0 Å². The summed E-state index contributed by atoms with van der Waals surface area (Å²) in [5.74, 6) is -1.77. The Morgan fingerprint density at radius 2 is 1.98 bits per heavy atom. The van der Waals surface area contributed by atoms with Crippen molar-refractivity contribution in [3.8, 4) is 11.4 Å². The fourth-order valence-corrected chi connectivity index (χ4v) is 4.76. The first-order valence-corrected chi connectivity index (χ1v) is 12.4.